The number of carbonyl (C=O) groups is 2. The van der Waals surface area contributed by atoms with Gasteiger partial charge in [0.05, 0.1) is 15.4 Å². The van der Waals surface area contributed by atoms with Gasteiger partial charge in [-0.3, -0.25) is 25.0 Å². The second-order valence-corrected chi connectivity index (χ2v) is 5.66. The molecule has 0 aliphatic heterocycles. The number of esters is 1. The van der Waals surface area contributed by atoms with Crippen LogP contribution in [0.1, 0.15) is 15.9 Å². The lowest BCUT2D eigenvalue weighted by Gasteiger charge is -2.08. The first-order valence-corrected chi connectivity index (χ1v) is 7.73. The molecule has 1 N–H and O–H groups in total. The molecule has 0 aliphatic rings. The molecule has 0 bridgehead atoms. The number of nitro groups is 2. The molecule has 0 saturated carbocycles. The average molecular weight is 394 g/mol. The summed E-state index contributed by atoms with van der Waals surface area (Å²) in [6.07, 6.45) is 0. The first kappa shape index (κ1) is 19.8. The number of nitro benzene ring substituents is 2. The van der Waals surface area contributed by atoms with Crippen LogP contribution in [0.5, 0.6) is 0 Å². The predicted molar refractivity (Wildman–Crippen MR) is 94.9 cm³/mol. The number of hydrogen-bond donors (Lipinski definition) is 1. The number of benzene rings is 2. The van der Waals surface area contributed by atoms with Gasteiger partial charge in [-0.25, -0.2) is 4.79 Å². The minimum absolute atomic E-state index is 0.0425. The van der Waals surface area contributed by atoms with Crippen LogP contribution in [-0.2, 0) is 9.53 Å². The van der Waals surface area contributed by atoms with Gasteiger partial charge in [-0.1, -0.05) is 17.7 Å². The van der Waals surface area contributed by atoms with Crippen molar-refractivity contribution in [2.75, 3.05) is 11.9 Å². The van der Waals surface area contributed by atoms with Crippen LogP contribution in [-0.4, -0.2) is 28.3 Å². The molecule has 0 saturated heterocycles. The van der Waals surface area contributed by atoms with Gasteiger partial charge in [0.25, 0.3) is 17.3 Å². The van der Waals surface area contributed by atoms with E-state index < -0.39 is 34.0 Å². The van der Waals surface area contributed by atoms with Crippen LogP contribution < -0.4 is 5.32 Å². The van der Waals surface area contributed by atoms with Crippen LogP contribution in [0.2, 0.25) is 5.02 Å². The third-order valence-electron chi connectivity index (χ3n) is 3.48. The largest absolute Gasteiger partial charge is 0.452 e. The number of anilines is 1. The third kappa shape index (κ3) is 4.76. The van der Waals surface area contributed by atoms with E-state index in [1.807, 2.05) is 0 Å². The molecule has 0 heterocycles. The highest BCUT2D eigenvalue weighted by atomic mass is 35.5. The van der Waals surface area contributed by atoms with Crippen molar-refractivity contribution in [3.05, 3.63) is 72.8 Å². The van der Waals surface area contributed by atoms with Crippen molar-refractivity contribution in [2.24, 2.45) is 0 Å². The Labute approximate surface area is 157 Å². The standard InChI is InChI=1S/C16H12ClN3O7/c1-9-11(3-2-4-13(9)19(23)24)16(22)27-8-15(21)18-10-5-6-12(17)14(7-10)20(25)26/h2-7H,8H2,1H3,(H,18,21). The minimum Gasteiger partial charge on any atom is -0.452 e. The molecule has 27 heavy (non-hydrogen) atoms. The van der Waals surface area contributed by atoms with Gasteiger partial charge in [0.1, 0.15) is 5.02 Å². The fourth-order valence-electron chi connectivity index (χ4n) is 2.18. The van der Waals surface area contributed by atoms with Crippen LogP contribution in [0.3, 0.4) is 0 Å². The van der Waals surface area contributed by atoms with E-state index in [1.165, 1.54) is 37.3 Å². The molecule has 11 heteroatoms. The molecule has 0 aliphatic carbocycles. The van der Waals surface area contributed by atoms with E-state index in [4.69, 9.17) is 16.3 Å². The summed E-state index contributed by atoms with van der Waals surface area (Å²) in [7, 11) is 0. The summed E-state index contributed by atoms with van der Waals surface area (Å²) in [5.74, 6) is -1.66. The Kier molecular flexibility index (Phi) is 6.03. The maximum absolute atomic E-state index is 12.1. The molecule has 2 rings (SSSR count). The van der Waals surface area contributed by atoms with E-state index in [0.717, 1.165) is 6.07 Å². The highest BCUT2D eigenvalue weighted by molar-refractivity contribution is 6.32. The number of nitrogens with zero attached hydrogens (tertiary/aromatic N) is 2. The molecule has 0 aromatic heterocycles. The lowest BCUT2D eigenvalue weighted by molar-refractivity contribution is -0.385. The van der Waals surface area contributed by atoms with E-state index >= 15 is 0 Å². The van der Waals surface area contributed by atoms with Crippen LogP contribution in [0.15, 0.2) is 36.4 Å². The van der Waals surface area contributed by atoms with Crippen LogP contribution in [0.4, 0.5) is 17.1 Å². The van der Waals surface area contributed by atoms with Gasteiger partial charge >= 0.3 is 5.97 Å². The molecule has 0 spiro atoms. The summed E-state index contributed by atoms with van der Waals surface area (Å²) < 4.78 is 4.85. The maximum Gasteiger partial charge on any atom is 0.339 e. The zero-order valence-electron chi connectivity index (χ0n) is 13.8. The molecule has 0 atom stereocenters. The van der Waals surface area contributed by atoms with E-state index in [2.05, 4.69) is 5.32 Å². The van der Waals surface area contributed by atoms with Crippen molar-refractivity contribution in [3.8, 4) is 0 Å². The average Bonchev–Trinajstić information content (AvgIpc) is 2.61. The predicted octanol–water partition coefficient (Wildman–Crippen LogP) is 3.26. The highest BCUT2D eigenvalue weighted by Crippen LogP contribution is 2.27. The van der Waals surface area contributed by atoms with Gasteiger partial charge in [0.15, 0.2) is 6.61 Å². The summed E-state index contributed by atoms with van der Waals surface area (Å²) in [5.41, 5.74) is -0.472. The molecule has 2 aromatic carbocycles. The SMILES string of the molecule is Cc1c(C(=O)OCC(=O)Nc2ccc(Cl)c([N+](=O)[O-])c2)cccc1[N+](=O)[O-]. The molecule has 0 radical (unpaired) electrons. The molecule has 140 valence electrons. The molecule has 0 unspecified atom stereocenters. The summed E-state index contributed by atoms with van der Waals surface area (Å²) in [4.78, 5) is 44.3. The quantitative estimate of drug-likeness (QED) is 0.450. The first-order chi connectivity index (χ1) is 12.7. The fourth-order valence-corrected chi connectivity index (χ4v) is 2.37. The zero-order valence-corrected chi connectivity index (χ0v) is 14.6. The van der Waals surface area contributed by atoms with E-state index in [-0.39, 0.29) is 27.5 Å². The van der Waals surface area contributed by atoms with Crippen molar-refractivity contribution >= 4 is 40.5 Å². The summed E-state index contributed by atoms with van der Waals surface area (Å²) in [6, 6.07) is 7.56. The van der Waals surface area contributed by atoms with E-state index in [0.29, 0.717) is 0 Å². The Morgan fingerprint density at radius 3 is 2.41 bits per heavy atom. The van der Waals surface area contributed by atoms with Gasteiger partial charge in [-0.15, -0.1) is 0 Å². The Bertz CT molecular complexity index is 946. The number of nitrogens with one attached hydrogen (secondary N) is 1. The van der Waals surface area contributed by atoms with E-state index in [9.17, 15) is 29.8 Å². The van der Waals surface area contributed by atoms with Gasteiger partial charge in [-0.2, -0.15) is 0 Å². The van der Waals surface area contributed by atoms with Crippen LogP contribution >= 0.6 is 11.6 Å². The fraction of sp³-hybridized carbons (Fsp3) is 0.125. The number of rotatable bonds is 6. The number of halogens is 1. The Hall–Kier alpha value is -3.53. The monoisotopic (exact) mass is 393 g/mol. The van der Waals surface area contributed by atoms with Crippen molar-refractivity contribution < 1.29 is 24.2 Å². The van der Waals surface area contributed by atoms with Gasteiger partial charge in [0.2, 0.25) is 0 Å². The van der Waals surface area contributed by atoms with Crippen molar-refractivity contribution in [3.63, 3.8) is 0 Å². The van der Waals surface area contributed by atoms with Crippen LogP contribution in [0.25, 0.3) is 0 Å². The second kappa shape index (κ2) is 8.23. The number of carbonyl (C=O) groups excluding carboxylic acids is 2. The van der Waals surface area contributed by atoms with Crippen molar-refractivity contribution in [1.82, 2.24) is 0 Å². The smallest absolute Gasteiger partial charge is 0.339 e. The summed E-state index contributed by atoms with van der Waals surface area (Å²) >= 11 is 5.68. The topological polar surface area (TPSA) is 142 Å². The maximum atomic E-state index is 12.1. The molecular weight excluding hydrogens is 382 g/mol. The lowest BCUT2D eigenvalue weighted by atomic mass is 10.1. The molecule has 0 fully saturated rings. The molecule has 2 aromatic rings. The van der Waals surface area contributed by atoms with Crippen LogP contribution in [0, 0.1) is 27.2 Å². The van der Waals surface area contributed by atoms with Gasteiger partial charge in [-0.05, 0) is 25.1 Å². The third-order valence-corrected chi connectivity index (χ3v) is 3.80. The Balaban J connectivity index is 2.03. The normalized spacial score (nSPS) is 10.1. The Morgan fingerprint density at radius 1 is 1.11 bits per heavy atom. The zero-order chi connectivity index (χ0) is 20.1. The first-order valence-electron chi connectivity index (χ1n) is 7.35. The van der Waals surface area contributed by atoms with Crippen molar-refractivity contribution in [2.45, 2.75) is 6.92 Å². The molecule has 10 nitrogen and oxygen atoms in total. The van der Waals surface area contributed by atoms with Gasteiger partial charge in [0, 0.05) is 23.4 Å². The number of ether oxygens (including phenoxy) is 1. The Morgan fingerprint density at radius 2 is 1.78 bits per heavy atom. The minimum atomic E-state index is -0.909. The van der Waals surface area contributed by atoms with E-state index in [1.54, 1.807) is 0 Å². The lowest BCUT2D eigenvalue weighted by Crippen LogP contribution is -2.21. The summed E-state index contributed by atoms with van der Waals surface area (Å²) in [6.45, 7) is 0.707. The number of hydrogen-bond acceptors (Lipinski definition) is 7. The van der Waals surface area contributed by atoms with Crippen molar-refractivity contribution in [1.29, 1.82) is 0 Å². The van der Waals surface area contributed by atoms with Gasteiger partial charge < -0.3 is 10.1 Å². The summed E-state index contributed by atoms with van der Waals surface area (Å²) in [5, 5.41) is 24.0. The number of amides is 1. The molecule has 1 amide bonds. The molecular formula is C16H12ClN3O7. The highest BCUT2D eigenvalue weighted by Gasteiger charge is 2.20. The second-order valence-electron chi connectivity index (χ2n) is 5.25.